The molecule has 0 rings (SSSR count). The van der Waals surface area contributed by atoms with E-state index in [4.69, 9.17) is 0 Å². The molecule has 0 aliphatic rings. The van der Waals surface area contributed by atoms with Crippen LogP contribution in [0.25, 0.3) is 0 Å². The first kappa shape index (κ1) is 27.1. The Bertz CT molecular complexity index is 226. The second kappa shape index (κ2) is 20.8. The van der Waals surface area contributed by atoms with Crippen LogP contribution in [-0.2, 0) is 0 Å². The molecule has 0 aromatic rings. The average Bonchev–Trinajstić information content (AvgIpc) is 2.64. The lowest BCUT2D eigenvalue weighted by molar-refractivity contribution is 0.619. The first-order chi connectivity index (χ1) is 12.7. The van der Waals surface area contributed by atoms with E-state index in [0.29, 0.717) is 0 Å². The van der Waals surface area contributed by atoms with Crippen molar-refractivity contribution in [2.24, 2.45) is 0 Å². The molecule has 0 bridgehead atoms. The Kier molecular flexibility index (Phi) is 21.7. The molecule has 0 aromatic carbocycles. The van der Waals surface area contributed by atoms with Crippen molar-refractivity contribution in [3.05, 3.63) is 0 Å². The van der Waals surface area contributed by atoms with Gasteiger partial charge in [0, 0.05) is 0 Å². The zero-order valence-electron chi connectivity index (χ0n) is 18.6. The Morgan fingerprint density at radius 3 is 0.885 bits per heavy atom. The van der Waals surface area contributed by atoms with Gasteiger partial charge >= 0.3 is 0 Å². The van der Waals surface area contributed by atoms with Gasteiger partial charge in [-0.25, -0.2) is 0 Å². The Morgan fingerprint density at radius 1 is 0.385 bits per heavy atom. The molecule has 0 radical (unpaired) electrons. The molecule has 0 nitrogen and oxygen atoms in total. The first-order valence-corrected chi connectivity index (χ1v) is 16.8. The van der Waals surface area contributed by atoms with Crippen molar-refractivity contribution >= 4 is 28.4 Å². The zero-order chi connectivity index (χ0) is 19.3. The zero-order valence-corrected chi connectivity index (χ0v) is 21.6. The van der Waals surface area contributed by atoms with E-state index >= 15 is 0 Å². The summed E-state index contributed by atoms with van der Waals surface area (Å²) in [6.45, 7) is 6.96. The molecular formula is C24H51IS. The summed E-state index contributed by atoms with van der Waals surface area (Å²) in [6.07, 6.45) is 26.3. The van der Waals surface area contributed by atoms with Gasteiger partial charge in [-0.2, -0.15) is 7.20 Å². The lowest BCUT2D eigenvalue weighted by Crippen LogP contribution is -2.08. The van der Waals surface area contributed by atoms with Crippen molar-refractivity contribution in [1.29, 1.82) is 0 Å². The van der Waals surface area contributed by atoms with Gasteiger partial charge in [-0.1, -0.05) is 117 Å². The Labute approximate surface area is 181 Å². The molecule has 0 saturated heterocycles. The predicted molar refractivity (Wildman–Crippen MR) is 136 cm³/mol. The lowest BCUT2D eigenvalue weighted by Gasteiger charge is -2.34. The van der Waals surface area contributed by atoms with Crippen LogP contribution in [0.1, 0.15) is 136 Å². The number of halogens is 1. The van der Waals surface area contributed by atoms with Crippen LogP contribution < -0.4 is 0 Å². The van der Waals surface area contributed by atoms with Crippen molar-refractivity contribution < 1.29 is 0 Å². The average molecular weight is 499 g/mol. The summed E-state index contributed by atoms with van der Waals surface area (Å²) in [6, 6.07) is 0. The largest absolute Gasteiger partial charge is 0.187 e. The normalized spacial score (nSPS) is 12.6. The molecule has 0 spiro atoms. The van der Waals surface area contributed by atoms with Gasteiger partial charge < -0.3 is 0 Å². The lowest BCUT2D eigenvalue weighted by atomic mass is 10.1. The maximum Gasteiger partial charge on any atom is -0.0144 e. The van der Waals surface area contributed by atoms with Gasteiger partial charge in [0.1, 0.15) is 0 Å². The first-order valence-electron chi connectivity index (χ1n) is 12.1. The third kappa shape index (κ3) is 18.4. The fraction of sp³-hybridized carbons (Fsp3) is 1.00. The van der Waals surface area contributed by atoms with E-state index in [9.17, 15) is 0 Å². The molecule has 0 saturated carbocycles. The molecule has 0 aliphatic carbocycles. The highest BCUT2D eigenvalue weighted by atomic mass is 127. The molecule has 0 amide bonds. The summed E-state index contributed by atoms with van der Waals surface area (Å²) >= 11 is 2.96. The highest BCUT2D eigenvalue weighted by molar-refractivity contribution is 14.2. The second-order valence-corrected chi connectivity index (χ2v) is 17.1. The highest BCUT2D eigenvalue weighted by Gasteiger charge is 2.19. The van der Waals surface area contributed by atoms with Crippen LogP contribution >= 0.6 is 28.4 Å². The van der Waals surface area contributed by atoms with Crippen LogP contribution in [0.2, 0.25) is 0 Å². The molecule has 0 fully saturated rings. The van der Waals surface area contributed by atoms with E-state index in [1.807, 2.05) is 0 Å². The molecule has 0 unspecified atom stereocenters. The number of rotatable bonds is 21. The Hall–Kier alpha value is 1.08. The van der Waals surface area contributed by atoms with Gasteiger partial charge in [-0.15, -0.1) is 0 Å². The molecule has 0 aromatic heterocycles. The molecule has 26 heavy (non-hydrogen) atoms. The third-order valence-electron chi connectivity index (χ3n) is 5.59. The monoisotopic (exact) mass is 498 g/mol. The summed E-state index contributed by atoms with van der Waals surface area (Å²) in [4.78, 5) is 0. The number of hydrogen-bond donors (Lipinski definition) is 0. The summed E-state index contributed by atoms with van der Waals surface area (Å²) < 4.78 is 0. The SMILES string of the molecule is CCCCCCCCS(I)(CCCCCCCC)CCCCCCCC. The fourth-order valence-corrected chi connectivity index (χ4v) is 9.31. The van der Waals surface area contributed by atoms with Gasteiger partial charge in [0.2, 0.25) is 0 Å². The summed E-state index contributed by atoms with van der Waals surface area (Å²) in [5.74, 6) is 4.68. The van der Waals surface area contributed by atoms with Crippen LogP contribution in [0.3, 0.4) is 0 Å². The van der Waals surface area contributed by atoms with Crippen LogP contribution in [0.4, 0.5) is 0 Å². The number of hydrogen-bond acceptors (Lipinski definition) is 0. The van der Waals surface area contributed by atoms with Crippen molar-refractivity contribution in [2.75, 3.05) is 17.3 Å². The molecule has 0 aliphatic heterocycles. The summed E-state index contributed by atoms with van der Waals surface area (Å²) in [7, 11) is -0.347. The van der Waals surface area contributed by atoms with E-state index in [0.717, 1.165) is 0 Å². The van der Waals surface area contributed by atoms with Crippen molar-refractivity contribution in [3.8, 4) is 0 Å². The molecular weight excluding hydrogens is 447 g/mol. The highest BCUT2D eigenvalue weighted by Crippen LogP contribution is 2.58. The fourth-order valence-electron chi connectivity index (χ4n) is 3.73. The van der Waals surface area contributed by atoms with Gasteiger partial charge in [0.25, 0.3) is 0 Å². The minimum Gasteiger partial charge on any atom is -0.187 e. The molecule has 0 atom stereocenters. The molecule has 0 N–H and O–H groups in total. The maximum atomic E-state index is 2.96. The van der Waals surface area contributed by atoms with E-state index in [1.54, 1.807) is 17.3 Å². The summed E-state index contributed by atoms with van der Waals surface area (Å²) in [5.41, 5.74) is 0. The van der Waals surface area contributed by atoms with E-state index < -0.39 is 0 Å². The minimum absolute atomic E-state index is 0.347. The third-order valence-corrected chi connectivity index (χ3v) is 12.6. The van der Waals surface area contributed by atoms with Crippen LogP contribution in [0, 0.1) is 0 Å². The van der Waals surface area contributed by atoms with Crippen LogP contribution in [0.5, 0.6) is 0 Å². The van der Waals surface area contributed by atoms with Crippen molar-refractivity contribution in [3.63, 3.8) is 0 Å². The van der Waals surface area contributed by atoms with Gasteiger partial charge in [-0.05, 0) is 57.7 Å². The van der Waals surface area contributed by atoms with Crippen LogP contribution in [0.15, 0.2) is 0 Å². The maximum absolute atomic E-state index is 2.96. The van der Waals surface area contributed by atoms with Gasteiger partial charge in [0.05, 0.1) is 0 Å². The van der Waals surface area contributed by atoms with Crippen molar-refractivity contribution in [1.82, 2.24) is 0 Å². The van der Waals surface area contributed by atoms with E-state index in [2.05, 4.69) is 42.0 Å². The smallest absolute Gasteiger partial charge is 0.0144 e. The quantitative estimate of drug-likeness (QED) is 0.109. The van der Waals surface area contributed by atoms with E-state index in [-0.39, 0.29) is 7.20 Å². The van der Waals surface area contributed by atoms with Crippen molar-refractivity contribution in [2.45, 2.75) is 136 Å². The molecule has 2 heteroatoms. The Balaban J connectivity index is 4.02. The minimum atomic E-state index is -0.347. The van der Waals surface area contributed by atoms with Gasteiger partial charge in [-0.3, -0.25) is 0 Å². The summed E-state index contributed by atoms with van der Waals surface area (Å²) in [5, 5.41) is 0. The molecule has 0 heterocycles. The topological polar surface area (TPSA) is 0 Å². The molecule has 160 valence electrons. The second-order valence-electron chi connectivity index (χ2n) is 8.36. The van der Waals surface area contributed by atoms with Crippen LogP contribution in [-0.4, -0.2) is 17.3 Å². The predicted octanol–water partition coefficient (Wildman–Crippen LogP) is 10.2. The standard InChI is InChI=1S/C24H51IS/c1-4-7-10-13-16-19-22-26(25,23-20-17-14-11-8-5-2)24-21-18-15-12-9-6-3/h4-24H2,1-3H3. The number of unbranched alkanes of at least 4 members (excludes halogenated alkanes) is 15. The Morgan fingerprint density at radius 2 is 0.615 bits per heavy atom. The van der Waals surface area contributed by atoms with E-state index in [1.165, 1.54) is 116 Å². The van der Waals surface area contributed by atoms with Gasteiger partial charge in [0.15, 0.2) is 0 Å².